The minimum Gasteiger partial charge on any atom is -0.489 e. The number of benzene rings is 1. The van der Waals surface area contributed by atoms with Crippen molar-refractivity contribution in [2.24, 2.45) is 0 Å². The highest BCUT2D eigenvalue weighted by Crippen LogP contribution is 2.21. The van der Waals surface area contributed by atoms with Gasteiger partial charge in [-0.1, -0.05) is 23.2 Å². The smallest absolute Gasteiger partial charge is 0.144 e. The summed E-state index contributed by atoms with van der Waals surface area (Å²) in [6, 6.07) is 9.02. The second kappa shape index (κ2) is 5.87. The van der Waals surface area contributed by atoms with Gasteiger partial charge in [0.25, 0.3) is 0 Å². The van der Waals surface area contributed by atoms with E-state index >= 15 is 0 Å². The summed E-state index contributed by atoms with van der Waals surface area (Å²) in [5.41, 5.74) is 0.606. The fourth-order valence-corrected chi connectivity index (χ4v) is 1.79. The normalized spacial score (nSPS) is 10.0. The van der Waals surface area contributed by atoms with E-state index in [4.69, 9.17) is 33.2 Å². The molecule has 0 radical (unpaired) electrons. The Labute approximate surface area is 119 Å². The van der Waals surface area contributed by atoms with Gasteiger partial charge in [-0.05, 0) is 24.3 Å². The van der Waals surface area contributed by atoms with Crippen LogP contribution in [0.15, 0.2) is 30.3 Å². The molecule has 0 spiro atoms. The molecule has 0 N–H and O–H groups in total. The minimum absolute atomic E-state index is 0.0291. The molecule has 0 bridgehead atoms. The maximum Gasteiger partial charge on any atom is 0.144 e. The average molecular weight is 297 g/mol. The van der Waals surface area contributed by atoms with E-state index in [1.54, 1.807) is 18.2 Å². The van der Waals surface area contributed by atoms with Crippen LogP contribution in [-0.4, -0.2) is 4.98 Å². The Hall–Kier alpha value is -1.83. The van der Waals surface area contributed by atoms with Crippen LogP contribution in [0.2, 0.25) is 10.3 Å². The molecule has 0 aliphatic rings. The van der Waals surface area contributed by atoms with Crippen LogP contribution >= 0.6 is 23.2 Å². The van der Waals surface area contributed by atoms with E-state index in [1.165, 1.54) is 12.1 Å². The Balaban J connectivity index is 2.10. The van der Waals surface area contributed by atoms with E-state index in [0.29, 0.717) is 11.3 Å². The van der Waals surface area contributed by atoms with Gasteiger partial charge in [-0.15, -0.1) is 0 Å². The summed E-state index contributed by atoms with van der Waals surface area (Å²) in [5, 5.41) is 9.14. The van der Waals surface area contributed by atoms with Crippen LogP contribution in [-0.2, 0) is 6.61 Å². The van der Waals surface area contributed by atoms with Crippen LogP contribution in [0.4, 0.5) is 4.39 Å². The van der Waals surface area contributed by atoms with E-state index in [9.17, 15) is 4.39 Å². The van der Waals surface area contributed by atoms with Crippen LogP contribution in [0, 0.1) is 17.1 Å². The number of ether oxygens (including phenoxy) is 1. The van der Waals surface area contributed by atoms with Crippen molar-refractivity contribution in [1.82, 2.24) is 4.98 Å². The highest BCUT2D eigenvalue weighted by Gasteiger charge is 2.06. The first-order valence-corrected chi connectivity index (χ1v) is 5.99. The highest BCUT2D eigenvalue weighted by molar-refractivity contribution is 6.32. The monoisotopic (exact) mass is 296 g/mol. The van der Waals surface area contributed by atoms with Crippen molar-refractivity contribution in [2.75, 3.05) is 0 Å². The molecule has 1 aromatic heterocycles. The third-order valence-corrected chi connectivity index (χ3v) is 2.89. The van der Waals surface area contributed by atoms with Crippen LogP contribution in [0.25, 0.3) is 0 Å². The Morgan fingerprint density at radius 3 is 2.68 bits per heavy atom. The number of nitrogens with zero attached hydrogens (tertiary/aromatic N) is 2. The van der Waals surface area contributed by atoms with Crippen LogP contribution < -0.4 is 4.74 Å². The predicted molar refractivity (Wildman–Crippen MR) is 69.7 cm³/mol. The zero-order valence-electron chi connectivity index (χ0n) is 9.53. The fourth-order valence-electron chi connectivity index (χ4n) is 1.39. The molecule has 19 heavy (non-hydrogen) atoms. The first kappa shape index (κ1) is 13.6. The van der Waals surface area contributed by atoms with Gasteiger partial charge in [0.1, 0.15) is 34.5 Å². The van der Waals surface area contributed by atoms with E-state index in [-0.39, 0.29) is 22.5 Å². The number of pyridine rings is 1. The topological polar surface area (TPSA) is 45.9 Å². The summed E-state index contributed by atoms with van der Waals surface area (Å²) < 4.78 is 18.7. The lowest BCUT2D eigenvalue weighted by molar-refractivity contribution is 0.304. The van der Waals surface area contributed by atoms with Crippen molar-refractivity contribution in [2.45, 2.75) is 6.61 Å². The molecule has 3 nitrogen and oxygen atoms in total. The lowest BCUT2D eigenvalue weighted by atomic mass is 10.2. The molecule has 0 fully saturated rings. The summed E-state index contributed by atoms with van der Waals surface area (Å²) in [4.78, 5) is 3.86. The first-order chi connectivity index (χ1) is 9.10. The van der Waals surface area contributed by atoms with Crippen molar-refractivity contribution in [1.29, 1.82) is 5.26 Å². The summed E-state index contributed by atoms with van der Waals surface area (Å²) in [6.07, 6.45) is 0. The molecular formula is C13H7Cl2FN2O. The molecule has 0 aliphatic heterocycles. The van der Waals surface area contributed by atoms with E-state index < -0.39 is 5.82 Å². The molecular weight excluding hydrogens is 290 g/mol. The molecule has 0 saturated carbocycles. The molecule has 0 aliphatic carbocycles. The standard InChI is InChI=1S/C13H7Cl2FN2O/c14-12-4-2-9(13(15)18-12)7-19-10-3-1-8(6-17)11(16)5-10/h1-5H,7H2. The minimum atomic E-state index is -0.625. The Morgan fingerprint density at radius 1 is 1.26 bits per heavy atom. The molecule has 6 heteroatoms. The number of rotatable bonds is 3. The van der Waals surface area contributed by atoms with Gasteiger partial charge in [-0.2, -0.15) is 5.26 Å². The molecule has 1 aromatic carbocycles. The lowest BCUT2D eigenvalue weighted by Gasteiger charge is -2.07. The third-order valence-electron chi connectivity index (χ3n) is 2.35. The number of hydrogen-bond acceptors (Lipinski definition) is 3. The molecule has 0 amide bonds. The van der Waals surface area contributed by atoms with Crippen molar-refractivity contribution >= 4 is 23.2 Å². The van der Waals surface area contributed by atoms with Crippen LogP contribution in [0.1, 0.15) is 11.1 Å². The summed E-state index contributed by atoms with van der Waals surface area (Å²) in [7, 11) is 0. The van der Waals surface area contributed by atoms with E-state index in [0.717, 1.165) is 6.07 Å². The van der Waals surface area contributed by atoms with Crippen molar-refractivity contribution in [3.63, 3.8) is 0 Å². The zero-order chi connectivity index (χ0) is 13.8. The summed E-state index contributed by atoms with van der Waals surface area (Å²) in [6.45, 7) is 0.133. The molecule has 2 aromatic rings. The zero-order valence-corrected chi connectivity index (χ0v) is 11.0. The van der Waals surface area contributed by atoms with Gasteiger partial charge in [0.05, 0.1) is 5.56 Å². The van der Waals surface area contributed by atoms with Gasteiger partial charge in [-0.25, -0.2) is 9.37 Å². The number of hydrogen-bond donors (Lipinski definition) is 0. The number of nitriles is 1. The Bertz CT molecular complexity index is 656. The van der Waals surface area contributed by atoms with Gasteiger partial charge in [0.15, 0.2) is 0 Å². The van der Waals surface area contributed by atoms with Gasteiger partial charge >= 0.3 is 0 Å². The van der Waals surface area contributed by atoms with E-state index in [2.05, 4.69) is 4.98 Å². The van der Waals surface area contributed by atoms with Gasteiger partial charge in [0, 0.05) is 11.6 Å². The van der Waals surface area contributed by atoms with Crippen molar-refractivity contribution < 1.29 is 9.13 Å². The quantitative estimate of drug-likeness (QED) is 0.805. The SMILES string of the molecule is N#Cc1ccc(OCc2ccc(Cl)nc2Cl)cc1F. The molecule has 0 unspecified atom stereocenters. The molecule has 0 saturated heterocycles. The Kier molecular flexibility index (Phi) is 4.20. The molecule has 96 valence electrons. The average Bonchev–Trinajstić information content (AvgIpc) is 2.38. The third kappa shape index (κ3) is 3.34. The molecule has 0 atom stereocenters. The highest BCUT2D eigenvalue weighted by atomic mass is 35.5. The summed E-state index contributed by atoms with van der Waals surface area (Å²) >= 11 is 11.6. The lowest BCUT2D eigenvalue weighted by Crippen LogP contribution is -1.98. The second-order valence-electron chi connectivity index (χ2n) is 3.63. The van der Waals surface area contributed by atoms with Crippen LogP contribution in [0.5, 0.6) is 5.75 Å². The number of halogens is 3. The maximum atomic E-state index is 13.4. The van der Waals surface area contributed by atoms with E-state index in [1.807, 2.05) is 0 Å². The van der Waals surface area contributed by atoms with Gasteiger partial charge in [0.2, 0.25) is 0 Å². The first-order valence-electron chi connectivity index (χ1n) is 5.23. The van der Waals surface area contributed by atoms with Gasteiger partial charge in [-0.3, -0.25) is 0 Å². The molecule has 2 rings (SSSR count). The van der Waals surface area contributed by atoms with Gasteiger partial charge < -0.3 is 4.74 Å². The Morgan fingerprint density at radius 2 is 2.05 bits per heavy atom. The number of aromatic nitrogens is 1. The summed E-state index contributed by atoms with van der Waals surface area (Å²) in [5.74, 6) is -0.317. The second-order valence-corrected chi connectivity index (χ2v) is 4.37. The van der Waals surface area contributed by atoms with Crippen LogP contribution in [0.3, 0.4) is 0 Å². The maximum absolute atomic E-state index is 13.4. The van der Waals surface area contributed by atoms with Crippen molar-refractivity contribution in [3.8, 4) is 11.8 Å². The largest absolute Gasteiger partial charge is 0.489 e. The predicted octanol–water partition coefficient (Wildman–Crippen LogP) is 3.98. The fraction of sp³-hybridized carbons (Fsp3) is 0.0769. The molecule has 1 heterocycles. The van der Waals surface area contributed by atoms with Crippen molar-refractivity contribution in [3.05, 3.63) is 57.6 Å².